The van der Waals surface area contributed by atoms with Gasteiger partial charge in [-0.2, -0.15) is 26.3 Å². The zero-order valence-corrected chi connectivity index (χ0v) is 16.1. The molecule has 2 nitrogen and oxygen atoms in total. The minimum Gasteiger partial charge on any atom is -0.492 e. The van der Waals surface area contributed by atoms with E-state index in [1.165, 1.54) is 6.07 Å². The summed E-state index contributed by atoms with van der Waals surface area (Å²) in [5.41, 5.74) is -2.64. The number of nitrogens with zero attached hydrogens (tertiary/aromatic N) is 1. The Morgan fingerprint density at radius 1 is 0.767 bits per heavy atom. The van der Waals surface area contributed by atoms with Crippen LogP contribution in [0.3, 0.4) is 0 Å². The summed E-state index contributed by atoms with van der Waals surface area (Å²) in [5.74, 6) is 0.281. The molecule has 0 atom stereocenters. The third-order valence-electron chi connectivity index (χ3n) is 4.03. The highest BCUT2D eigenvalue weighted by Crippen LogP contribution is 2.47. The second kappa shape index (κ2) is 8.99. The lowest BCUT2D eigenvalue weighted by molar-refractivity contribution is -0.163. The summed E-state index contributed by atoms with van der Waals surface area (Å²) in [4.78, 5) is 3.89. The van der Waals surface area contributed by atoms with Gasteiger partial charge in [-0.05, 0) is 36.4 Å². The van der Waals surface area contributed by atoms with Crippen molar-refractivity contribution in [3.05, 3.63) is 83.7 Å². The summed E-state index contributed by atoms with van der Waals surface area (Å²) in [6, 6.07) is 14.1. The largest absolute Gasteiger partial charge is 0.492 e. The Morgan fingerprint density at radius 2 is 1.47 bits per heavy atom. The molecule has 3 rings (SSSR count). The molecule has 0 fully saturated rings. The molecule has 0 aliphatic heterocycles. The fourth-order valence-electron chi connectivity index (χ4n) is 2.73. The number of hydrogen-bond acceptors (Lipinski definition) is 3. The molecule has 30 heavy (non-hydrogen) atoms. The summed E-state index contributed by atoms with van der Waals surface area (Å²) in [7, 11) is 0. The first kappa shape index (κ1) is 22.0. The average Bonchev–Trinajstić information content (AvgIpc) is 2.68. The van der Waals surface area contributed by atoms with Gasteiger partial charge in [-0.15, -0.1) is 0 Å². The van der Waals surface area contributed by atoms with E-state index in [9.17, 15) is 26.3 Å². The third kappa shape index (κ3) is 5.47. The minimum absolute atomic E-state index is 0.212. The molecule has 9 heteroatoms. The lowest BCUT2D eigenvalue weighted by atomic mass is 10.1. The first-order chi connectivity index (χ1) is 14.2. The second-order valence-corrected chi connectivity index (χ2v) is 7.23. The van der Waals surface area contributed by atoms with E-state index in [4.69, 9.17) is 4.74 Å². The van der Waals surface area contributed by atoms with E-state index in [1.807, 2.05) is 12.1 Å². The number of halogens is 6. The molecule has 0 bridgehead atoms. The number of hydrogen-bond donors (Lipinski definition) is 0. The molecule has 3 aromatic rings. The molecule has 0 aliphatic carbocycles. The Labute approximate surface area is 172 Å². The number of aromatic nitrogens is 1. The maximum atomic E-state index is 13.5. The molecule has 0 N–H and O–H groups in total. The minimum atomic E-state index is -5.16. The van der Waals surface area contributed by atoms with Gasteiger partial charge < -0.3 is 4.74 Å². The molecule has 1 heterocycles. The zero-order valence-electron chi connectivity index (χ0n) is 15.3. The molecule has 2 aromatic carbocycles. The quantitative estimate of drug-likeness (QED) is 0.387. The van der Waals surface area contributed by atoms with Crippen LogP contribution in [-0.2, 0) is 18.8 Å². The van der Waals surface area contributed by atoms with Crippen molar-refractivity contribution in [2.24, 2.45) is 0 Å². The number of benzene rings is 2. The van der Waals surface area contributed by atoms with Crippen LogP contribution < -0.4 is 4.74 Å². The Bertz CT molecular complexity index is 989. The normalized spacial score (nSPS) is 12.1. The van der Waals surface area contributed by atoms with Gasteiger partial charge in [0.05, 0.1) is 22.6 Å². The first-order valence-electron chi connectivity index (χ1n) is 8.73. The van der Waals surface area contributed by atoms with Gasteiger partial charge in [0.15, 0.2) is 0 Å². The summed E-state index contributed by atoms with van der Waals surface area (Å²) in [6.07, 6.45) is -8.19. The SMILES string of the molecule is FC(F)(F)c1cccc(Sc2ccccc2OCCc2ccccn2)c1C(F)(F)F. The number of alkyl halides is 6. The lowest BCUT2D eigenvalue weighted by Crippen LogP contribution is -2.17. The molecule has 0 saturated carbocycles. The standard InChI is InChI=1S/C21H15F6NOS/c22-20(23,24)15-7-5-10-18(19(15)21(25,26)27)30-17-9-2-1-8-16(17)29-13-11-14-6-3-4-12-28-14/h1-10,12H,11,13H2. The predicted molar refractivity (Wildman–Crippen MR) is 100 cm³/mol. The van der Waals surface area contributed by atoms with Gasteiger partial charge in [-0.1, -0.05) is 36.0 Å². The smallest absolute Gasteiger partial charge is 0.418 e. The monoisotopic (exact) mass is 443 g/mol. The van der Waals surface area contributed by atoms with E-state index in [1.54, 1.807) is 30.5 Å². The third-order valence-corrected chi connectivity index (χ3v) is 5.14. The van der Waals surface area contributed by atoms with Crippen LogP contribution >= 0.6 is 11.8 Å². The number of ether oxygens (including phenoxy) is 1. The molecule has 0 radical (unpaired) electrons. The van der Waals surface area contributed by atoms with E-state index in [0.717, 1.165) is 17.8 Å². The zero-order chi connectivity index (χ0) is 21.8. The van der Waals surface area contributed by atoms with Crippen molar-refractivity contribution >= 4 is 11.8 Å². The molecule has 1 aromatic heterocycles. The number of pyridine rings is 1. The number of para-hydroxylation sites is 1. The summed E-state index contributed by atoms with van der Waals surface area (Å²) in [5, 5.41) is 0. The maximum Gasteiger partial charge on any atom is 0.418 e. The molecular formula is C21H15F6NOS. The Morgan fingerprint density at radius 3 is 2.13 bits per heavy atom. The first-order valence-corrected chi connectivity index (χ1v) is 9.55. The fraction of sp³-hybridized carbons (Fsp3) is 0.190. The van der Waals surface area contributed by atoms with Crippen LogP contribution in [0.4, 0.5) is 26.3 Å². The van der Waals surface area contributed by atoms with Crippen LogP contribution in [-0.4, -0.2) is 11.6 Å². The van der Waals surface area contributed by atoms with Crippen molar-refractivity contribution in [3.63, 3.8) is 0 Å². The van der Waals surface area contributed by atoms with Crippen LogP contribution in [0.25, 0.3) is 0 Å². The molecular weight excluding hydrogens is 428 g/mol. The van der Waals surface area contributed by atoms with E-state index < -0.39 is 28.4 Å². The highest BCUT2D eigenvalue weighted by molar-refractivity contribution is 7.99. The number of rotatable bonds is 6. The van der Waals surface area contributed by atoms with Crippen molar-refractivity contribution in [1.29, 1.82) is 0 Å². The van der Waals surface area contributed by atoms with Crippen LogP contribution in [0.2, 0.25) is 0 Å². The van der Waals surface area contributed by atoms with Crippen molar-refractivity contribution < 1.29 is 31.1 Å². The van der Waals surface area contributed by atoms with E-state index in [0.29, 0.717) is 24.2 Å². The molecule has 0 aliphatic rings. The summed E-state index contributed by atoms with van der Waals surface area (Å²) >= 11 is 0.584. The summed E-state index contributed by atoms with van der Waals surface area (Å²) < 4.78 is 85.6. The molecule has 0 saturated heterocycles. The average molecular weight is 443 g/mol. The van der Waals surface area contributed by atoms with Crippen LogP contribution in [0.1, 0.15) is 16.8 Å². The maximum absolute atomic E-state index is 13.5. The Hall–Kier alpha value is -2.68. The predicted octanol–water partition coefficient (Wildman–Crippen LogP) is 6.89. The van der Waals surface area contributed by atoms with Crippen LogP contribution in [0, 0.1) is 0 Å². The molecule has 0 spiro atoms. The van der Waals surface area contributed by atoms with Gasteiger partial charge in [0, 0.05) is 23.2 Å². The highest BCUT2D eigenvalue weighted by atomic mass is 32.2. The van der Waals surface area contributed by atoms with Gasteiger partial charge in [0.25, 0.3) is 0 Å². The van der Waals surface area contributed by atoms with Crippen molar-refractivity contribution in [3.8, 4) is 5.75 Å². The Kier molecular flexibility index (Phi) is 6.60. The summed E-state index contributed by atoms with van der Waals surface area (Å²) in [6.45, 7) is 0.212. The van der Waals surface area contributed by atoms with Gasteiger partial charge in [0.2, 0.25) is 0 Å². The van der Waals surface area contributed by atoms with Gasteiger partial charge in [-0.3, -0.25) is 4.98 Å². The second-order valence-electron chi connectivity index (χ2n) is 6.14. The lowest BCUT2D eigenvalue weighted by Gasteiger charge is -2.19. The van der Waals surface area contributed by atoms with Crippen LogP contribution in [0.5, 0.6) is 5.75 Å². The topological polar surface area (TPSA) is 22.1 Å². The van der Waals surface area contributed by atoms with E-state index in [-0.39, 0.29) is 17.3 Å². The molecule has 158 valence electrons. The van der Waals surface area contributed by atoms with Gasteiger partial charge in [0.1, 0.15) is 5.75 Å². The van der Waals surface area contributed by atoms with Crippen LogP contribution in [0.15, 0.2) is 76.7 Å². The highest BCUT2D eigenvalue weighted by Gasteiger charge is 2.44. The van der Waals surface area contributed by atoms with Crippen molar-refractivity contribution in [1.82, 2.24) is 4.98 Å². The van der Waals surface area contributed by atoms with Gasteiger partial charge >= 0.3 is 12.4 Å². The van der Waals surface area contributed by atoms with E-state index in [2.05, 4.69) is 4.98 Å². The van der Waals surface area contributed by atoms with Crippen molar-refractivity contribution in [2.45, 2.75) is 28.6 Å². The van der Waals surface area contributed by atoms with Crippen molar-refractivity contribution in [2.75, 3.05) is 6.61 Å². The Balaban J connectivity index is 1.87. The molecule has 0 amide bonds. The van der Waals surface area contributed by atoms with E-state index >= 15 is 0 Å². The molecule has 0 unspecified atom stereocenters. The van der Waals surface area contributed by atoms with Gasteiger partial charge in [-0.25, -0.2) is 0 Å². The fourth-order valence-corrected chi connectivity index (χ4v) is 3.81.